The topological polar surface area (TPSA) is 67.6 Å². The van der Waals surface area contributed by atoms with E-state index < -0.39 is 42.6 Å². The summed E-state index contributed by atoms with van der Waals surface area (Å²) in [6.07, 6.45) is -0.478. The van der Waals surface area contributed by atoms with Crippen LogP contribution in [0, 0.1) is 0 Å². The van der Waals surface area contributed by atoms with Crippen molar-refractivity contribution in [2.45, 2.75) is 56.5 Å². The number of ether oxygens (including phenoxy) is 4. The second-order valence-corrected chi connectivity index (χ2v) is 9.47. The molecule has 6 rings (SSSR count). The summed E-state index contributed by atoms with van der Waals surface area (Å²) in [4.78, 5) is 8.43. The molecule has 0 radical (unpaired) electrons. The van der Waals surface area contributed by atoms with Gasteiger partial charge in [0.2, 0.25) is 0 Å². The van der Waals surface area contributed by atoms with Gasteiger partial charge in [0, 0.05) is 11.2 Å². The minimum absolute atomic E-state index is 0.0839. The molecule has 0 spiro atoms. The molecule has 32 heavy (non-hydrogen) atoms. The lowest BCUT2D eigenvalue weighted by molar-refractivity contribution is -0.214. The summed E-state index contributed by atoms with van der Waals surface area (Å²) in [6, 6.07) is 7.01. The zero-order chi connectivity index (χ0) is 22.2. The number of halogens is 3. The Morgan fingerprint density at radius 2 is 1.88 bits per heavy atom. The van der Waals surface area contributed by atoms with Crippen molar-refractivity contribution in [3.63, 3.8) is 0 Å². The highest BCUT2D eigenvalue weighted by Gasteiger charge is 2.59. The number of hydrogen-bond acceptors (Lipinski definition) is 6. The van der Waals surface area contributed by atoms with Crippen LogP contribution in [0.3, 0.4) is 0 Å². The van der Waals surface area contributed by atoms with E-state index in [2.05, 4.69) is 9.97 Å². The number of rotatable bonds is 2. The quantitative estimate of drug-likeness (QED) is 0.485. The molecule has 10 heteroatoms. The fourth-order valence-electron chi connectivity index (χ4n) is 4.94. The molecule has 5 heterocycles. The second-order valence-electron chi connectivity index (χ2n) is 8.68. The maximum absolute atomic E-state index is 14.6. The van der Waals surface area contributed by atoms with Crippen LogP contribution >= 0.6 is 23.2 Å². The fraction of sp³-hybridized carbons (Fsp3) is 0.455. The lowest BCUT2D eigenvalue weighted by Gasteiger charge is -2.34. The highest BCUT2D eigenvalue weighted by Crippen LogP contribution is 2.50. The van der Waals surface area contributed by atoms with Gasteiger partial charge in [-0.3, -0.25) is 0 Å². The molecule has 0 amide bonds. The van der Waals surface area contributed by atoms with Gasteiger partial charge >= 0.3 is 0 Å². The van der Waals surface area contributed by atoms with Gasteiger partial charge in [-0.25, -0.2) is 14.4 Å². The molecule has 1 aromatic carbocycles. The van der Waals surface area contributed by atoms with Crippen LogP contribution in [-0.2, 0) is 18.9 Å². The Morgan fingerprint density at radius 3 is 2.72 bits per heavy atom. The number of alkyl halides is 1. The third-order valence-electron chi connectivity index (χ3n) is 6.21. The van der Waals surface area contributed by atoms with Crippen LogP contribution in [0.4, 0.5) is 4.39 Å². The normalized spacial score (nSPS) is 33.4. The van der Waals surface area contributed by atoms with E-state index in [0.717, 1.165) is 0 Å². The van der Waals surface area contributed by atoms with E-state index in [9.17, 15) is 4.39 Å². The number of aromatic nitrogens is 3. The predicted octanol–water partition coefficient (Wildman–Crippen LogP) is 4.94. The smallest absolute Gasteiger partial charge is 0.164 e. The molecule has 168 valence electrons. The van der Waals surface area contributed by atoms with Crippen molar-refractivity contribution in [3.05, 3.63) is 58.1 Å². The first-order valence-corrected chi connectivity index (χ1v) is 11.1. The number of fused-ring (bicyclic) bond motifs is 3. The third-order valence-corrected chi connectivity index (χ3v) is 6.75. The Kier molecular flexibility index (Phi) is 4.77. The van der Waals surface area contributed by atoms with Gasteiger partial charge in [-0.1, -0.05) is 29.3 Å². The predicted molar refractivity (Wildman–Crippen MR) is 114 cm³/mol. The monoisotopic (exact) mass is 479 g/mol. The average molecular weight is 480 g/mol. The molecule has 0 unspecified atom stereocenters. The van der Waals surface area contributed by atoms with Crippen molar-refractivity contribution in [1.29, 1.82) is 0 Å². The second kappa shape index (κ2) is 7.35. The summed E-state index contributed by atoms with van der Waals surface area (Å²) in [5.41, 5.74) is 1.85. The van der Waals surface area contributed by atoms with Crippen LogP contribution in [0.1, 0.15) is 43.5 Å². The van der Waals surface area contributed by atoms with Gasteiger partial charge in [-0.05, 0) is 43.2 Å². The Bertz CT molecular complexity index is 1210. The third kappa shape index (κ3) is 3.16. The molecule has 3 aliphatic heterocycles. The van der Waals surface area contributed by atoms with E-state index in [1.807, 2.05) is 30.7 Å². The van der Waals surface area contributed by atoms with Crippen LogP contribution in [0.2, 0.25) is 10.2 Å². The number of hydrogen-bond donors (Lipinski definition) is 0. The zero-order valence-electron chi connectivity index (χ0n) is 17.2. The van der Waals surface area contributed by atoms with E-state index >= 15 is 0 Å². The van der Waals surface area contributed by atoms with Crippen LogP contribution in [0.25, 0.3) is 11.0 Å². The van der Waals surface area contributed by atoms with Gasteiger partial charge in [-0.2, -0.15) is 0 Å². The number of benzene rings is 1. The lowest BCUT2D eigenvalue weighted by Crippen LogP contribution is -2.37. The SMILES string of the molecule is CC1(C)O[C@@H]2[C@H]([C@@H]3OC[C@@H](F)c4cc(Cl)ccc43)O[C@@H](n3ccc4c(Cl)ncnc43)[C@@H]2O1. The van der Waals surface area contributed by atoms with Gasteiger partial charge in [0.05, 0.1) is 12.0 Å². The van der Waals surface area contributed by atoms with Crippen molar-refractivity contribution < 1.29 is 23.3 Å². The highest BCUT2D eigenvalue weighted by molar-refractivity contribution is 6.33. The molecule has 2 fully saturated rings. The average Bonchev–Trinajstić information content (AvgIpc) is 3.40. The van der Waals surface area contributed by atoms with Crippen molar-refractivity contribution in [3.8, 4) is 0 Å². The maximum atomic E-state index is 14.6. The van der Waals surface area contributed by atoms with E-state index in [1.54, 1.807) is 18.2 Å². The van der Waals surface area contributed by atoms with Crippen molar-refractivity contribution in [2.75, 3.05) is 6.61 Å². The highest BCUT2D eigenvalue weighted by atomic mass is 35.5. The molecule has 6 atom stereocenters. The molecule has 7 nitrogen and oxygen atoms in total. The fourth-order valence-corrected chi connectivity index (χ4v) is 5.31. The lowest BCUT2D eigenvalue weighted by atomic mass is 9.91. The van der Waals surface area contributed by atoms with Crippen molar-refractivity contribution >= 4 is 34.2 Å². The standard InChI is InChI=1S/C22H20Cl2FN3O4/c1-22(2)31-17-16(15-11-4-3-10(23)7-13(11)14(25)8-29-15)30-21(18(17)32-22)28-6-5-12-19(24)26-9-27-20(12)28/h3-7,9,14-18,21H,8H2,1-2H3/t14-,15-,16+,17-,18-,21-/m1/s1. The molecule has 0 aliphatic carbocycles. The molecular formula is C22H20Cl2FN3O4. The first kappa shape index (κ1) is 20.8. The van der Waals surface area contributed by atoms with Gasteiger partial charge in [0.25, 0.3) is 0 Å². The molecule has 3 aliphatic rings. The summed E-state index contributed by atoms with van der Waals surface area (Å²) < 4.78 is 41.4. The summed E-state index contributed by atoms with van der Waals surface area (Å²) in [5, 5.41) is 1.55. The van der Waals surface area contributed by atoms with E-state index in [-0.39, 0.29) is 6.61 Å². The van der Waals surface area contributed by atoms with Crippen molar-refractivity contribution in [1.82, 2.24) is 14.5 Å². The largest absolute Gasteiger partial charge is 0.367 e. The Labute approximate surface area is 193 Å². The zero-order valence-corrected chi connectivity index (χ0v) is 18.8. The maximum Gasteiger partial charge on any atom is 0.164 e. The van der Waals surface area contributed by atoms with Crippen LogP contribution in [-0.4, -0.2) is 45.2 Å². The number of nitrogens with zero attached hydrogens (tertiary/aromatic N) is 3. The minimum atomic E-state index is -1.25. The molecule has 3 aromatic rings. The molecule has 2 saturated heterocycles. The molecular weight excluding hydrogens is 460 g/mol. The van der Waals surface area contributed by atoms with Crippen LogP contribution in [0.15, 0.2) is 36.8 Å². The molecule has 0 N–H and O–H groups in total. The Balaban J connectivity index is 1.42. The van der Waals surface area contributed by atoms with Gasteiger partial charge in [-0.15, -0.1) is 0 Å². The minimum Gasteiger partial charge on any atom is -0.367 e. The summed E-state index contributed by atoms with van der Waals surface area (Å²) in [5.74, 6) is -0.814. The molecule has 0 bridgehead atoms. The van der Waals surface area contributed by atoms with Crippen molar-refractivity contribution in [2.24, 2.45) is 0 Å². The molecule has 0 saturated carbocycles. The Morgan fingerprint density at radius 1 is 1.06 bits per heavy atom. The van der Waals surface area contributed by atoms with Crippen LogP contribution in [0.5, 0.6) is 0 Å². The van der Waals surface area contributed by atoms with Gasteiger partial charge in [0.1, 0.15) is 47.7 Å². The first-order chi connectivity index (χ1) is 15.3. The van der Waals surface area contributed by atoms with Crippen LogP contribution < -0.4 is 0 Å². The first-order valence-electron chi connectivity index (χ1n) is 10.4. The van der Waals surface area contributed by atoms with E-state index in [0.29, 0.717) is 32.3 Å². The van der Waals surface area contributed by atoms with Gasteiger partial charge in [0.15, 0.2) is 12.0 Å². The summed E-state index contributed by atoms with van der Waals surface area (Å²) >= 11 is 12.4. The summed E-state index contributed by atoms with van der Waals surface area (Å²) in [7, 11) is 0. The molecule has 2 aromatic heterocycles. The van der Waals surface area contributed by atoms with Gasteiger partial charge < -0.3 is 23.5 Å². The Hall–Kier alpha value is -1.81. The summed E-state index contributed by atoms with van der Waals surface area (Å²) in [6.45, 7) is 3.64. The van der Waals surface area contributed by atoms with E-state index in [1.165, 1.54) is 6.33 Å². The van der Waals surface area contributed by atoms with E-state index in [4.69, 9.17) is 42.1 Å².